The van der Waals surface area contributed by atoms with Crippen LogP contribution in [0.4, 0.5) is 5.82 Å². The summed E-state index contributed by atoms with van der Waals surface area (Å²) >= 11 is 0. The predicted molar refractivity (Wildman–Crippen MR) is 73.7 cm³/mol. The Morgan fingerprint density at radius 3 is 2.85 bits per heavy atom. The number of rotatable bonds is 4. The highest BCUT2D eigenvalue weighted by Gasteiger charge is 2.04. The Hall–Kier alpha value is -2.89. The Morgan fingerprint density at radius 1 is 1.20 bits per heavy atom. The first-order valence-corrected chi connectivity index (χ1v) is 6.08. The van der Waals surface area contributed by atoms with Crippen LogP contribution in [0.3, 0.4) is 0 Å². The number of nitrogens with one attached hydrogen (secondary N) is 1. The average molecular weight is 268 g/mol. The lowest BCUT2D eigenvalue weighted by atomic mass is 10.3. The number of hydrogen-bond donors (Lipinski definition) is 2. The van der Waals surface area contributed by atoms with E-state index < -0.39 is 5.97 Å². The first-order chi connectivity index (χ1) is 9.74. The molecule has 0 aliphatic rings. The molecule has 3 heterocycles. The molecular weight excluding hydrogens is 256 g/mol. The minimum atomic E-state index is -0.981. The fourth-order valence-corrected chi connectivity index (χ4v) is 1.92. The second-order valence-corrected chi connectivity index (χ2v) is 4.27. The summed E-state index contributed by atoms with van der Waals surface area (Å²) in [6.45, 7) is 0.560. The maximum absolute atomic E-state index is 10.7. The molecule has 0 unspecified atom stereocenters. The number of anilines is 1. The van der Waals surface area contributed by atoms with Gasteiger partial charge in [-0.2, -0.15) is 0 Å². The molecule has 0 bridgehead atoms. The summed E-state index contributed by atoms with van der Waals surface area (Å²) in [6, 6.07) is 8.98. The minimum absolute atomic E-state index is 0.172. The third-order valence-electron chi connectivity index (χ3n) is 2.95. The van der Waals surface area contributed by atoms with E-state index in [0.717, 1.165) is 11.3 Å². The molecule has 3 rings (SSSR count). The molecule has 0 spiro atoms. The largest absolute Gasteiger partial charge is 0.478 e. The van der Waals surface area contributed by atoms with Crippen LogP contribution >= 0.6 is 0 Å². The van der Waals surface area contributed by atoms with Gasteiger partial charge in [0.15, 0.2) is 0 Å². The third-order valence-corrected chi connectivity index (χ3v) is 2.95. The third kappa shape index (κ3) is 2.31. The van der Waals surface area contributed by atoms with E-state index in [4.69, 9.17) is 5.11 Å². The van der Waals surface area contributed by atoms with Crippen molar-refractivity contribution in [3.8, 4) is 0 Å². The lowest BCUT2D eigenvalue weighted by Gasteiger charge is -2.05. The molecule has 3 aromatic rings. The van der Waals surface area contributed by atoms with Crippen LogP contribution in [0, 0.1) is 0 Å². The first kappa shape index (κ1) is 12.2. The zero-order chi connectivity index (χ0) is 13.9. The predicted octanol–water partition coefficient (Wildman–Crippen LogP) is 2.04. The second-order valence-electron chi connectivity index (χ2n) is 4.27. The van der Waals surface area contributed by atoms with Crippen molar-refractivity contribution in [2.45, 2.75) is 6.54 Å². The molecule has 100 valence electrons. The summed E-state index contributed by atoms with van der Waals surface area (Å²) in [4.78, 5) is 19.1. The summed E-state index contributed by atoms with van der Waals surface area (Å²) in [7, 11) is 0. The van der Waals surface area contributed by atoms with Crippen LogP contribution in [0.2, 0.25) is 0 Å². The number of carboxylic acid groups (broad SMARTS) is 1. The van der Waals surface area contributed by atoms with Crippen LogP contribution in [-0.2, 0) is 6.54 Å². The Morgan fingerprint density at radius 2 is 2.10 bits per heavy atom. The molecule has 0 atom stereocenters. The zero-order valence-electron chi connectivity index (χ0n) is 10.5. The summed E-state index contributed by atoms with van der Waals surface area (Å²) in [5, 5.41) is 11.9. The first-order valence-electron chi connectivity index (χ1n) is 6.08. The Bertz CT molecular complexity index is 749. The lowest BCUT2D eigenvalue weighted by molar-refractivity contribution is 0.0696. The number of fused-ring (bicyclic) bond motifs is 1. The molecule has 0 saturated heterocycles. The minimum Gasteiger partial charge on any atom is -0.478 e. The van der Waals surface area contributed by atoms with Crippen LogP contribution in [0.5, 0.6) is 0 Å². The maximum Gasteiger partial charge on any atom is 0.337 e. The van der Waals surface area contributed by atoms with E-state index in [1.165, 1.54) is 12.3 Å². The molecule has 0 aliphatic carbocycles. The van der Waals surface area contributed by atoms with Gasteiger partial charge < -0.3 is 14.8 Å². The van der Waals surface area contributed by atoms with Crippen molar-refractivity contribution >= 4 is 17.4 Å². The molecule has 0 aliphatic heterocycles. The smallest absolute Gasteiger partial charge is 0.337 e. The van der Waals surface area contributed by atoms with Crippen LogP contribution < -0.4 is 5.32 Å². The van der Waals surface area contributed by atoms with Gasteiger partial charge in [0.1, 0.15) is 11.5 Å². The Balaban J connectivity index is 1.74. The molecule has 0 fully saturated rings. The van der Waals surface area contributed by atoms with Gasteiger partial charge >= 0.3 is 5.97 Å². The summed E-state index contributed by atoms with van der Waals surface area (Å²) < 4.78 is 1.98. The number of aromatic nitrogens is 3. The van der Waals surface area contributed by atoms with Crippen LogP contribution in [0.1, 0.15) is 16.1 Å². The van der Waals surface area contributed by atoms with Crippen LogP contribution in [0.25, 0.3) is 5.65 Å². The molecule has 0 radical (unpaired) electrons. The molecule has 0 saturated carbocycles. The number of carbonyl (C=O) groups is 1. The monoisotopic (exact) mass is 268 g/mol. The van der Waals surface area contributed by atoms with Crippen molar-refractivity contribution in [2.24, 2.45) is 0 Å². The van der Waals surface area contributed by atoms with Crippen molar-refractivity contribution in [3.63, 3.8) is 0 Å². The van der Waals surface area contributed by atoms with E-state index in [0.29, 0.717) is 12.4 Å². The van der Waals surface area contributed by atoms with Gasteiger partial charge in [0.05, 0.1) is 24.0 Å². The highest BCUT2D eigenvalue weighted by molar-refractivity contribution is 5.87. The van der Waals surface area contributed by atoms with Crippen molar-refractivity contribution in [3.05, 3.63) is 60.2 Å². The number of aromatic carboxylic acids is 1. The molecule has 6 nitrogen and oxygen atoms in total. The Labute approximate surface area is 114 Å². The number of carboxylic acids is 1. The highest BCUT2D eigenvalue weighted by atomic mass is 16.4. The van der Waals surface area contributed by atoms with E-state index >= 15 is 0 Å². The fourth-order valence-electron chi connectivity index (χ4n) is 1.92. The van der Waals surface area contributed by atoms with Gasteiger partial charge in [-0.15, -0.1) is 0 Å². The van der Waals surface area contributed by atoms with E-state index in [9.17, 15) is 4.79 Å². The fraction of sp³-hybridized carbons (Fsp3) is 0.0714. The van der Waals surface area contributed by atoms with Crippen molar-refractivity contribution < 1.29 is 9.90 Å². The van der Waals surface area contributed by atoms with E-state index in [2.05, 4.69) is 15.3 Å². The van der Waals surface area contributed by atoms with Gasteiger partial charge in [0, 0.05) is 12.4 Å². The van der Waals surface area contributed by atoms with Gasteiger partial charge in [-0.25, -0.2) is 14.8 Å². The second kappa shape index (κ2) is 5.00. The quantitative estimate of drug-likeness (QED) is 0.757. The molecule has 20 heavy (non-hydrogen) atoms. The number of imidazole rings is 1. The van der Waals surface area contributed by atoms with Gasteiger partial charge in [0.25, 0.3) is 0 Å². The molecule has 3 aromatic heterocycles. The van der Waals surface area contributed by atoms with Crippen LogP contribution in [-0.4, -0.2) is 25.4 Å². The number of hydrogen-bond acceptors (Lipinski definition) is 4. The van der Waals surface area contributed by atoms with E-state index in [-0.39, 0.29) is 5.56 Å². The standard InChI is InChI=1S/C14H12N4O2/c19-14(20)10-4-5-12(15-7-10)16-8-11-9-17-13-3-1-2-6-18(11)13/h1-7,9H,8H2,(H,15,16)(H,19,20). The van der Waals surface area contributed by atoms with Crippen molar-refractivity contribution in [1.82, 2.24) is 14.4 Å². The van der Waals surface area contributed by atoms with Crippen LogP contribution in [0.15, 0.2) is 48.9 Å². The van der Waals surface area contributed by atoms with Gasteiger partial charge in [-0.1, -0.05) is 6.07 Å². The SMILES string of the molecule is O=C(O)c1ccc(NCc2cnc3ccccn23)nc1. The molecule has 0 amide bonds. The normalized spacial score (nSPS) is 10.6. The molecular formula is C14H12N4O2. The van der Waals surface area contributed by atoms with Gasteiger partial charge in [0.2, 0.25) is 0 Å². The van der Waals surface area contributed by atoms with E-state index in [1.807, 2.05) is 28.8 Å². The summed E-state index contributed by atoms with van der Waals surface area (Å²) in [5.74, 6) is -0.355. The lowest BCUT2D eigenvalue weighted by Crippen LogP contribution is -2.05. The van der Waals surface area contributed by atoms with E-state index in [1.54, 1.807) is 12.3 Å². The van der Waals surface area contributed by atoms with Crippen molar-refractivity contribution in [1.29, 1.82) is 0 Å². The number of nitrogens with zero attached hydrogens (tertiary/aromatic N) is 3. The van der Waals surface area contributed by atoms with Crippen molar-refractivity contribution in [2.75, 3.05) is 5.32 Å². The zero-order valence-corrected chi connectivity index (χ0v) is 10.5. The summed E-state index contributed by atoms with van der Waals surface area (Å²) in [6.07, 6.45) is 5.08. The van der Waals surface area contributed by atoms with Gasteiger partial charge in [-0.05, 0) is 24.3 Å². The van der Waals surface area contributed by atoms with Gasteiger partial charge in [-0.3, -0.25) is 0 Å². The maximum atomic E-state index is 10.7. The Kier molecular flexibility index (Phi) is 3.04. The molecule has 0 aromatic carbocycles. The molecule has 6 heteroatoms. The topological polar surface area (TPSA) is 79.5 Å². The average Bonchev–Trinajstić information content (AvgIpc) is 2.89. The number of pyridine rings is 2. The summed E-state index contributed by atoms with van der Waals surface area (Å²) in [5.41, 5.74) is 2.06. The highest BCUT2D eigenvalue weighted by Crippen LogP contribution is 2.10. The molecule has 2 N–H and O–H groups in total.